The second-order valence-corrected chi connectivity index (χ2v) is 17.0. The van der Waals surface area contributed by atoms with E-state index in [-0.39, 0.29) is 5.41 Å². The molecule has 9 aromatic carbocycles. The molecule has 3 heterocycles. The van der Waals surface area contributed by atoms with Crippen LogP contribution in [-0.2, 0) is 5.41 Å². The number of hydrogen-bond donors (Lipinski definition) is 0. The summed E-state index contributed by atoms with van der Waals surface area (Å²) in [5, 5.41) is 7.53. The summed E-state index contributed by atoms with van der Waals surface area (Å²) in [4.78, 5) is 0. The van der Waals surface area contributed by atoms with Gasteiger partial charge in [-0.3, -0.25) is 0 Å². The third kappa shape index (κ3) is 4.55. The summed E-state index contributed by atoms with van der Waals surface area (Å²) in [5.41, 5.74) is 18.5. The summed E-state index contributed by atoms with van der Waals surface area (Å²) in [6.45, 7) is 4.73. The summed E-state index contributed by atoms with van der Waals surface area (Å²) in [6, 6.07) is 74.1. The van der Waals surface area contributed by atoms with Crippen LogP contribution in [0.1, 0.15) is 25.0 Å². The fourth-order valence-corrected chi connectivity index (χ4v) is 10.6. The summed E-state index contributed by atoms with van der Waals surface area (Å²) >= 11 is 0. The Balaban J connectivity index is 0.986. The lowest BCUT2D eigenvalue weighted by atomic mass is 9.82. The lowest BCUT2D eigenvalue weighted by molar-refractivity contribution is 0.660. The van der Waals surface area contributed by atoms with Crippen molar-refractivity contribution in [3.63, 3.8) is 0 Å². The Morgan fingerprint density at radius 2 is 0.733 bits per heavy atom. The molecule has 1 aliphatic carbocycles. The molecular formula is C57H39N3. The van der Waals surface area contributed by atoms with Gasteiger partial charge in [-0.25, -0.2) is 0 Å². The van der Waals surface area contributed by atoms with Gasteiger partial charge in [-0.1, -0.05) is 135 Å². The lowest BCUT2D eigenvalue weighted by Gasteiger charge is -2.22. The van der Waals surface area contributed by atoms with Crippen molar-refractivity contribution in [3.8, 4) is 39.3 Å². The zero-order valence-electron chi connectivity index (χ0n) is 33.4. The molecular weight excluding hydrogens is 727 g/mol. The van der Waals surface area contributed by atoms with Gasteiger partial charge in [0.1, 0.15) is 0 Å². The number of nitrogens with zero attached hydrogens (tertiary/aromatic N) is 3. The standard InChI is InChI=1S/C57H39N3/c1-57(2)49-20-10-6-16-41(49)42-28-26-39(34-50(42)57)60-51-21-11-7-17-43(51)46-29-27-40(35-56(46)60)59-53-23-13-9-19-45(53)48-33-37(25-31-55(48)59)36-24-30-54-47(32-36)44-18-8-12-22-52(44)58(54)38-14-4-3-5-15-38/h3-35H,1-2H3. The molecule has 0 N–H and O–H groups in total. The first-order valence-corrected chi connectivity index (χ1v) is 20.9. The van der Waals surface area contributed by atoms with Crippen molar-refractivity contribution in [1.82, 2.24) is 13.7 Å². The minimum absolute atomic E-state index is 0.0829. The normalized spacial score (nSPS) is 13.3. The first-order chi connectivity index (χ1) is 29.5. The zero-order chi connectivity index (χ0) is 39.7. The third-order valence-electron chi connectivity index (χ3n) is 13.4. The van der Waals surface area contributed by atoms with E-state index in [1.165, 1.54) is 110 Å². The highest BCUT2D eigenvalue weighted by molar-refractivity contribution is 6.14. The maximum Gasteiger partial charge on any atom is 0.0561 e. The van der Waals surface area contributed by atoms with Crippen molar-refractivity contribution < 1.29 is 0 Å². The molecule has 3 nitrogen and oxygen atoms in total. The lowest BCUT2D eigenvalue weighted by Crippen LogP contribution is -2.15. The highest BCUT2D eigenvalue weighted by Crippen LogP contribution is 2.49. The summed E-state index contributed by atoms with van der Waals surface area (Å²) < 4.78 is 7.31. The molecule has 0 atom stereocenters. The quantitative estimate of drug-likeness (QED) is 0.169. The second kappa shape index (κ2) is 12.2. The van der Waals surface area contributed by atoms with Gasteiger partial charge in [-0.2, -0.15) is 0 Å². The van der Waals surface area contributed by atoms with Crippen molar-refractivity contribution in [2.75, 3.05) is 0 Å². The fourth-order valence-electron chi connectivity index (χ4n) is 10.6. The molecule has 0 radical (unpaired) electrons. The van der Waals surface area contributed by atoms with Crippen molar-refractivity contribution in [2.45, 2.75) is 19.3 Å². The topological polar surface area (TPSA) is 14.8 Å². The van der Waals surface area contributed by atoms with E-state index in [4.69, 9.17) is 0 Å². The molecule has 0 unspecified atom stereocenters. The highest BCUT2D eigenvalue weighted by Gasteiger charge is 2.35. The number of benzene rings is 9. The number of aromatic nitrogens is 3. The Morgan fingerprint density at radius 1 is 0.283 bits per heavy atom. The molecule has 3 aromatic heterocycles. The summed E-state index contributed by atoms with van der Waals surface area (Å²) in [7, 11) is 0. The Hall–Kier alpha value is -7.62. The average molecular weight is 766 g/mol. The molecule has 1 aliphatic rings. The van der Waals surface area contributed by atoms with Gasteiger partial charge < -0.3 is 13.7 Å². The van der Waals surface area contributed by atoms with Crippen LogP contribution in [0.4, 0.5) is 0 Å². The van der Waals surface area contributed by atoms with Gasteiger partial charge in [-0.15, -0.1) is 0 Å². The van der Waals surface area contributed by atoms with Crippen molar-refractivity contribution in [2.24, 2.45) is 0 Å². The predicted octanol–water partition coefficient (Wildman–Crippen LogP) is 15.0. The smallest absolute Gasteiger partial charge is 0.0561 e. The molecule has 60 heavy (non-hydrogen) atoms. The van der Waals surface area contributed by atoms with Crippen LogP contribution in [0.15, 0.2) is 200 Å². The van der Waals surface area contributed by atoms with Crippen LogP contribution in [-0.4, -0.2) is 13.7 Å². The largest absolute Gasteiger partial charge is 0.309 e. The summed E-state index contributed by atoms with van der Waals surface area (Å²) in [6.07, 6.45) is 0. The molecule has 0 bridgehead atoms. The van der Waals surface area contributed by atoms with Crippen molar-refractivity contribution in [3.05, 3.63) is 211 Å². The van der Waals surface area contributed by atoms with Crippen LogP contribution >= 0.6 is 0 Å². The second-order valence-electron chi connectivity index (χ2n) is 17.0. The van der Waals surface area contributed by atoms with Gasteiger partial charge in [0.05, 0.1) is 33.1 Å². The van der Waals surface area contributed by atoms with E-state index >= 15 is 0 Å². The Kier molecular flexibility index (Phi) is 6.78. The molecule has 12 aromatic rings. The third-order valence-corrected chi connectivity index (χ3v) is 13.4. The first kappa shape index (κ1) is 33.4. The SMILES string of the molecule is CC1(C)c2ccccc2-c2ccc(-n3c4ccccc4c4ccc(-n5c6ccccc6c6cc(-c7ccc8c(c7)c7ccccc7n8-c7ccccc7)ccc65)cc43)cc21. The van der Waals surface area contributed by atoms with Crippen LogP contribution in [0.2, 0.25) is 0 Å². The van der Waals surface area contributed by atoms with Gasteiger partial charge in [-0.05, 0) is 112 Å². The minimum Gasteiger partial charge on any atom is -0.309 e. The Bertz CT molecular complexity index is 3740. The Morgan fingerprint density at radius 3 is 1.38 bits per heavy atom. The number of rotatable bonds is 4. The minimum atomic E-state index is -0.0829. The number of para-hydroxylation sites is 4. The monoisotopic (exact) mass is 765 g/mol. The van der Waals surface area contributed by atoms with Crippen molar-refractivity contribution in [1.29, 1.82) is 0 Å². The number of fused-ring (bicyclic) bond motifs is 12. The maximum atomic E-state index is 2.48. The van der Waals surface area contributed by atoms with Crippen LogP contribution in [0.3, 0.4) is 0 Å². The average Bonchev–Trinajstić information content (AvgIpc) is 3.99. The number of hydrogen-bond acceptors (Lipinski definition) is 0. The maximum absolute atomic E-state index is 2.48. The van der Waals surface area contributed by atoms with Gasteiger partial charge in [0.25, 0.3) is 0 Å². The molecule has 282 valence electrons. The van der Waals surface area contributed by atoms with E-state index in [1.807, 2.05) is 0 Å². The van der Waals surface area contributed by atoms with E-state index in [0.717, 1.165) is 5.69 Å². The van der Waals surface area contributed by atoms with E-state index in [1.54, 1.807) is 0 Å². The van der Waals surface area contributed by atoms with E-state index in [2.05, 4.69) is 228 Å². The van der Waals surface area contributed by atoms with Gasteiger partial charge >= 0.3 is 0 Å². The van der Waals surface area contributed by atoms with Gasteiger partial charge in [0, 0.05) is 54.8 Å². The van der Waals surface area contributed by atoms with Crippen LogP contribution in [0.5, 0.6) is 0 Å². The van der Waals surface area contributed by atoms with Crippen molar-refractivity contribution >= 4 is 65.4 Å². The Labute approximate surface area is 347 Å². The molecule has 0 fully saturated rings. The molecule has 13 rings (SSSR count). The van der Waals surface area contributed by atoms with Gasteiger partial charge in [0.2, 0.25) is 0 Å². The molecule has 3 heteroatoms. The zero-order valence-corrected chi connectivity index (χ0v) is 33.4. The van der Waals surface area contributed by atoms with E-state index in [9.17, 15) is 0 Å². The first-order valence-electron chi connectivity index (χ1n) is 20.9. The molecule has 0 amide bonds. The molecule has 0 saturated heterocycles. The molecule has 0 spiro atoms. The van der Waals surface area contributed by atoms with Crippen LogP contribution in [0.25, 0.3) is 105 Å². The highest BCUT2D eigenvalue weighted by atomic mass is 15.0. The van der Waals surface area contributed by atoms with E-state index in [0.29, 0.717) is 0 Å². The summed E-state index contributed by atoms with van der Waals surface area (Å²) in [5.74, 6) is 0. The molecule has 0 saturated carbocycles. The van der Waals surface area contributed by atoms with Gasteiger partial charge in [0.15, 0.2) is 0 Å². The predicted molar refractivity (Wildman–Crippen MR) is 252 cm³/mol. The molecule has 0 aliphatic heterocycles. The van der Waals surface area contributed by atoms with Crippen LogP contribution < -0.4 is 0 Å². The van der Waals surface area contributed by atoms with E-state index < -0.39 is 0 Å². The van der Waals surface area contributed by atoms with Crippen LogP contribution in [0, 0.1) is 0 Å². The fraction of sp³-hybridized carbons (Fsp3) is 0.0526.